The number of ether oxygens (including phenoxy) is 2. The molecule has 0 aliphatic heterocycles. The predicted molar refractivity (Wildman–Crippen MR) is 144 cm³/mol. The zero-order valence-corrected chi connectivity index (χ0v) is 21.2. The minimum atomic E-state index is 0.205. The summed E-state index contributed by atoms with van der Waals surface area (Å²) in [5.74, 6) is 2.38. The van der Waals surface area contributed by atoms with Crippen LogP contribution in [0.4, 0.5) is 0 Å². The van der Waals surface area contributed by atoms with Crippen molar-refractivity contribution in [2.24, 2.45) is 0 Å². The molecule has 0 saturated carbocycles. The van der Waals surface area contributed by atoms with Gasteiger partial charge in [0.25, 0.3) is 0 Å². The Balaban J connectivity index is 1.50. The largest absolute Gasteiger partial charge is 0.496 e. The fourth-order valence-electron chi connectivity index (χ4n) is 5.78. The molecule has 1 aliphatic rings. The smallest absolute Gasteiger partial charge is 0.131 e. The lowest BCUT2D eigenvalue weighted by Crippen LogP contribution is -2.12. The van der Waals surface area contributed by atoms with Crippen LogP contribution in [0.15, 0.2) is 60.7 Å². The van der Waals surface area contributed by atoms with Crippen LogP contribution in [-0.2, 0) is 18.3 Å². The first-order chi connectivity index (χ1) is 16.4. The molecule has 0 bridgehead atoms. The van der Waals surface area contributed by atoms with Gasteiger partial charge in [0.15, 0.2) is 0 Å². The molecular weight excluding hydrogens is 416 g/mol. The van der Waals surface area contributed by atoms with E-state index in [2.05, 4.69) is 75.4 Å². The van der Waals surface area contributed by atoms with Crippen LogP contribution in [0.3, 0.4) is 0 Å². The first-order valence-electron chi connectivity index (χ1n) is 12.6. The molecule has 4 aromatic rings. The lowest BCUT2D eigenvalue weighted by molar-refractivity contribution is 0.405. The number of aryl methyl sites for hydroxylation is 2. The first kappa shape index (κ1) is 22.8. The summed E-state index contributed by atoms with van der Waals surface area (Å²) < 4.78 is 11.5. The minimum Gasteiger partial charge on any atom is -0.496 e. The van der Waals surface area contributed by atoms with Crippen LogP contribution < -0.4 is 9.47 Å². The second kappa shape index (κ2) is 8.98. The number of rotatable bonds is 5. The predicted octanol–water partition coefficient (Wildman–Crippen LogP) is 8.36. The fraction of sp³-hybridized carbons (Fsp3) is 0.375. The molecule has 5 rings (SSSR count). The highest BCUT2D eigenvalue weighted by atomic mass is 16.5. The third kappa shape index (κ3) is 4.04. The van der Waals surface area contributed by atoms with Crippen molar-refractivity contribution >= 4 is 21.5 Å². The first-order valence-corrected chi connectivity index (χ1v) is 12.6. The van der Waals surface area contributed by atoms with Crippen molar-refractivity contribution in [1.82, 2.24) is 0 Å². The second-order valence-corrected chi connectivity index (χ2v) is 10.8. The van der Waals surface area contributed by atoms with Crippen LogP contribution in [0.2, 0.25) is 0 Å². The van der Waals surface area contributed by atoms with Crippen molar-refractivity contribution < 1.29 is 9.47 Å². The SMILES string of the molecule is COc1cccc2c1c(OC)cc1c3c(ccc12)[C@H](CCc1ccc(C(C)(C)C)cc1)CCC3. The molecule has 2 nitrogen and oxygen atoms in total. The van der Waals surface area contributed by atoms with Crippen LogP contribution >= 0.6 is 0 Å². The monoisotopic (exact) mass is 452 g/mol. The van der Waals surface area contributed by atoms with Gasteiger partial charge >= 0.3 is 0 Å². The number of hydrogen-bond donors (Lipinski definition) is 0. The van der Waals surface area contributed by atoms with Gasteiger partial charge in [0.1, 0.15) is 11.5 Å². The molecule has 0 unspecified atom stereocenters. The Morgan fingerprint density at radius 1 is 0.824 bits per heavy atom. The molecule has 176 valence electrons. The van der Waals surface area contributed by atoms with E-state index in [0.717, 1.165) is 29.7 Å². The summed E-state index contributed by atoms with van der Waals surface area (Å²) in [5.41, 5.74) is 6.11. The summed E-state index contributed by atoms with van der Waals surface area (Å²) in [6, 6.07) is 22.5. The zero-order valence-electron chi connectivity index (χ0n) is 21.2. The molecule has 4 aromatic carbocycles. The molecule has 1 aliphatic carbocycles. The molecule has 0 N–H and O–H groups in total. The number of benzene rings is 4. The maximum Gasteiger partial charge on any atom is 0.131 e. The lowest BCUT2D eigenvalue weighted by Gasteiger charge is -2.28. The Kier molecular flexibility index (Phi) is 6.02. The highest BCUT2D eigenvalue weighted by Gasteiger charge is 2.24. The maximum absolute atomic E-state index is 5.85. The van der Waals surface area contributed by atoms with E-state index in [1.165, 1.54) is 57.7 Å². The molecule has 0 saturated heterocycles. The molecule has 34 heavy (non-hydrogen) atoms. The topological polar surface area (TPSA) is 18.5 Å². The average Bonchev–Trinajstić information content (AvgIpc) is 2.85. The van der Waals surface area contributed by atoms with Crippen LogP contribution in [0.25, 0.3) is 21.5 Å². The van der Waals surface area contributed by atoms with Crippen LogP contribution in [0, 0.1) is 0 Å². The molecule has 1 atom stereocenters. The van der Waals surface area contributed by atoms with Gasteiger partial charge in [0.05, 0.1) is 19.6 Å². The van der Waals surface area contributed by atoms with E-state index in [9.17, 15) is 0 Å². The Bertz CT molecular complexity index is 1330. The molecule has 0 heterocycles. The van der Waals surface area contributed by atoms with Crippen molar-refractivity contribution in [1.29, 1.82) is 0 Å². The minimum absolute atomic E-state index is 0.205. The molecule has 0 radical (unpaired) electrons. The number of fused-ring (bicyclic) bond motifs is 5. The van der Waals surface area contributed by atoms with Gasteiger partial charge in [-0.05, 0) is 94.0 Å². The standard InChI is InChI=1S/C32H36O2/c1-32(2,3)23-16-13-21(14-17-23)12-15-22-8-6-9-25-24(22)18-19-26-27-10-7-11-29(33-4)31(27)30(34-5)20-28(25)26/h7,10-11,13-14,16-20,22H,6,8-9,12,15H2,1-5H3/t22-/m0/s1. The summed E-state index contributed by atoms with van der Waals surface area (Å²) in [7, 11) is 3.49. The Labute approximate surface area is 203 Å². The van der Waals surface area contributed by atoms with Gasteiger partial charge < -0.3 is 9.47 Å². The lowest BCUT2D eigenvalue weighted by atomic mass is 9.77. The quantitative estimate of drug-likeness (QED) is 0.283. The van der Waals surface area contributed by atoms with E-state index in [1.54, 1.807) is 14.2 Å². The summed E-state index contributed by atoms with van der Waals surface area (Å²) in [6.07, 6.45) is 5.99. The second-order valence-electron chi connectivity index (χ2n) is 10.8. The average molecular weight is 453 g/mol. The van der Waals surface area contributed by atoms with E-state index < -0.39 is 0 Å². The third-order valence-electron chi connectivity index (χ3n) is 7.69. The Morgan fingerprint density at radius 3 is 2.29 bits per heavy atom. The summed E-state index contributed by atoms with van der Waals surface area (Å²) in [4.78, 5) is 0. The summed E-state index contributed by atoms with van der Waals surface area (Å²) in [5, 5.41) is 4.91. The van der Waals surface area contributed by atoms with Crippen molar-refractivity contribution in [3.05, 3.63) is 82.9 Å². The van der Waals surface area contributed by atoms with E-state index in [0.29, 0.717) is 5.92 Å². The van der Waals surface area contributed by atoms with Gasteiger partial charge in [-0.25, -0.2) is 0 Å². The highest BCUT2D eigenvalue weighted by Crippen LogP contribution is 2.44. The number of hydrogen-bond acceptors (Lipinski definition) is 2. The van der Waals surface area contributed by atoms with Gasteiger partial charge in [-0.3, -0.25) is 0 Å². The van der Waals surface area contributed by atoms with Gasteiger partial charge in [-0.1, -0.05) is 69.3 Å². The van der Waals surface area contributed by atoms with Crippen molar-refractivity contribution in [3.8, 4) is 11.5 Å². The van der Waals surface area contributed by atoms with E-state index >= 15 is 0 Å². The summed E-state index contributed by atoms with van der Waals surface area (Å²) in [6.45, 7) is 6.83. The highest BCUT2D eigenvalue weighted by molar-refractivity contribution is 6.13. The molecular formula is C32H36O2. The van der Waals surface area contributed by atoms with Crippen LogP contribution in [-0.4, -0.2) is 14.2 Å². The third-order valence-corrected chi connectivity index (χ3v) is 7.69. The van der Waals surface area contributed by atoms with Crippen LogP contribution in [0.5, 0.6) is 11.5 Å². The van der Waals surface area contributed by atoms with Crippen molar-refractivity contribution in [2.75, 3.05) is 14.2 Å². The summed E-state index contributed by atoms with van der Waals surface area (Å²) >= 11 is 0. The van der Waals surface area contributed by atoms with Gasteiger partial charge in [0.2, 0.25) is 0 Å². The zero-order chi connectivity index (χ0) is 23.9. The molecule has 2 heteroatoms. The van der Waals surface area contributed by atoms with Gasteiger partial charge in [-0.2, -0.15) is 0 Å². The Hall–Kier alpha value is -3.00. The van der Waals surface area contributed by atoms with E-state index in [1.807, 2.05) is 6.07 Å². The van der Waals surface area contributed by atoms with Crippen LogP contribution in [0.1, 0.15) is 68.2 Å². The molecule has 0 fully saturated rings. The molecule has 0 aromatic heterocycles. The van der Waals surface area contributed by atoms with Crippen molar-refractivity contribution in [3.63, 3.8) is 0 Å². The Morgan fingerprint density at radius 2 is 1.59 bits per heavy atom. The van der Waals surface area contributed by atoms with E-state index in [4.69, 9.17) is 9.47 Å². The van der Waals surface area contributed by atoms with Gasteiger partial charge in [0, 0.05) is 0 Å². The molecule has 0 spiro atoms. The maximum atomic E-state index is 5.85. The van der Waals surface area contributed by atoms with E-state index in [-0.39, 0.29) is 5.41 Å². The fourth-order valence-corrected chi connectivity index (χ4v) is 5.78. The van der Waals surface area contributed by atoms with Gasteiger partial charge in [-0.15, -0.1) is 0 Å². The molecule has 0 amide bonds. The van der Waals surface area contributed by atoms with Crippen molar-refractivity contribution in [2.45, 2.75) is 64.2 Å². The number of methoxy groups -OCH3 is 2. The normalized spacial score (nSPS) is 16.0.